The van der Waals surface area contributed by atoms with E-state index in [4.69, 9.17) is 26.4 Å². The van der Waals surface area contributed by atoms with Gasteiger partial charge in [0.15, 0.2) is 16.6 Å². The standard InChI is InChI=1S/C17H18N2O4S/c1-21-13-7-5-12(6-8-13)18-17(24)19-16(20)11-4-9-14(22-2)15(10-11)23-3/h4-10H,1-3H3,(H2,18,19,20,24). The molecule has 0 saturated carbocycles. The van der Waals surface area contributed by atoms with Gasteiger partial charge in [0.25, 0.3) is 5.91 Å². The van der Waals surface area contributed by atoms with Crippen LogP contribution in [-0.4, -0.2) is 32.3 Å². The normalized spacial score (nSPS) is 9.79. The van der Waals surface area contributed by atoms with E-state index in [1.165, 1.54) is 14.2 Å². The molecule has 0 saturated heterocycles. The third-order valence-corrected chi connectivity index (χ3v) is 3.42. The van der Waals surface area contributed by atoms with Gasteiger partial charge in [-0.1, -0.05) is 0 Å². The van der Waals surface area contributed by atoms with Crippen molar-refractivity contribution in [2.24, 2.45) is 0 Å². The molecule has 2 aromatic rings. The average Bonchev–Trinajstić information content (AvgIpc) is 2.61. The first-order valence-corrected chi connectivity index (χ1v) is 7.46. The van der Waals surface area contributed by atoms with Crippen LogP contribution < -0.4 is 24.8 Å². The summed E-state index contributed by atoms with van der Waals surface area (Å²) in [5, 5.41) is 5.74. The van der Waals surface area contributed by atoms with E-state index in [2.05, 4.69) is 10.6 Å². The molecule has 2 rings (SSSR count). The second-order valence-corrected chi connectivity index (χ2v) is 5.11. The van der Waals surface area contributed by atoms with Gasteiger partial charge in [0, 0.05) is 11.3 Å². The summed E-state index contributed by atoms with van der Waals surface area (Å²) < 4.78 is 15.4. The molecule has 2 N–H and O–H groups in total. The number of hydrogen-bond donors (Lipinski definition) is 2. The Morgan fingerprint density at radius 3 is 2.17 bits per heavy atom. The molecule has 0 radical (unpaired) electrons. The van der Waals surface area contributed by atoms with Gasteiger partial charge in [0.1, 0.15) is 5.75 Å². The highest BCUT2D eigenvalue weighted by Crippen LogP contribution is 2.27. The minimum atomic E-state index is -0.345. The van der Waals surface area contributed by atoms with Crippen molar-refractivity contribution >= 4 is 28.9 Å². The molecule has 24 heavy (non-hydrogen) atoms. The molecule has 0 heterocycles. The molecule has 0 aliphatic carbocycles. The van der Waals surface area contributed by atoms with Gasteiger partial charge in [-0.2, -0.15) is 0 Å². The summed E-state index contributed by atoms with van der Waals surface area (Å²) in [6, 6.07) is 12.1. The zero-order valence-electron chi connectivity index (χ0n) is 13.6. The summed E-state index contributed by atoms with van der Waals surface area (Å²) in [5.41, 5.74) is 1.15. The van der Waals surface area contributed by atoms with E-state index in [1.807, 2.05) is 0 Å². The lowest BCUT2D eigenvalue weighted by Gasteiger charge is -2.12. The molecular formula is C17H18N2O4S. The molecule has 0 fully saturated rings. The molecule has 0 aromatic heterocycles. The van der Waals surface area contributed by atoms with E-state index in [0.717, 1.165) is 11.4 Å². The summed E-state index contributed by atoms with van der Waals surface area (Å²) >= 11 is 5.15. The minimum absolute atomic E-state index is 0.194. The third-order valence-electron chi connectivity index (χ3n) is 3.22. The zero-order valence-corrected chi connectivity index (χ0v) is 14.4. The number of rotatable bonds is 5. The number of carbonyl (C=O) groups excluding carboxylic acids is 1. The third kappa shape index (κ3) is 4.36. The summed E-state index contributed by atoms with van der Waals surface area (Å²) in [6.07, 6.45) is 0. The van der Waals surface area contributed by atoms with Gasteiger partial charge in [-0.15, -0.1) is 0 Å². The Hall–Kier alpha value is -2.80. The van der Waals surface area contributed by atoms with Crippen molar-refractivity contribution in [1.82, 2.24) is 5.32 Å². The SMILES string of the molecule is COc1ccc(NC(=S)NC(=O)c2ccc(OC)c(OC)c2)cc1. The lowest BCUT2D eigenvalue weighted by atomic mass is 10.2. The molecule has 2 aromatic carbocycles. The van der Waals surface area contributed by atoms with Crippen LogP contribution in [0.4, 0.5) is 5.69 Å². The Morgan fingerprint density at radius 1 is 0.917 bits per heavy atom. The van der Waals surface area contributed by atoms with Crippen LogP contribution in [0.5, 0.6) is 17.2 Å². The largest absolute Gasteiger partial charge is 0.497 e. The predicted molar refractivity (Wildman–Crippen MR) is 96.2 cm³/mol. The molecule has 0 aliphatic rings. The van der Waals surface area contributed by atoms with Gasteiger partial charge < -0.3 is 19.5 Å². The summed E-state index contributed by atoms with van der Waals surface area (Å²) in [6.45, 7) is 0. The Labute approximate surface area is 145 Å². The summed E-state index contributed by atoms with van der Waals surface area (Å²) in [7, 11) is 4.64. The van der Waals surface area contributed by atoms with Gasteiger partial charge in [0.05, 0.1) is 21.3 Å². The number of thiocarbonyl (C=S) groups is 1. The molecule has 6 nitrogen and oxygen atoms in total. The Bertz CT molecular complexity index is 732. The van der Waals surface area contributed by atoms with Crippen LogP contribution in [0.2, 0.25) is 0 Å². The number of anilines is 1. The van der Waals surface area contributed by atoms with Gasteiger partial charge in [0.2, 0.25) is 0 Å². The number of nitrogens with one attached hydrogen (secondary N) is 2. The topological polar surface area (TPSA) is 68.8 Å². The minimum Gasteiger partial charge on any atom is -0.497 e. The van der Waals surface area contributed by atoms with Crippen molar-refractivity contribution in [2.75, 3.05) is 26.6 Å². The number of hydrogen-bond acceptors (Lipinski definition) is 5. The first kappa shape index (κ1) is 17.6. The van der Waals surface area contributed by atoms with Crippen LogP contribution in [-0.2, 0) is 0 Å². The molecular weight excluding hydrogens is 328 g/mol. The van der Waals surface area contributed by atoms with Crippen molar-refractivity contribution in [1.29, 1.82) is 0 Å². The van der Waals surface area contributed by atoms with Gasteiger partial charge in [-0.05, 0) is 54.7 Å². The van der Waals surface area contributed by atoms with E-state index < -0.39 is 0 Å². The van der Waals surface area contributed by atoms with Crippen molar-refractivity contribution < 1.29 is 19.0 Å². The number of benzene rings is 2. The molecule has 7 heteroatoms. The quantitative estimate of drug-likeness (QED) is 0.812. The van der Waals surface area contributed by atoms with Gasteiger partial charge in [-0.3, -0.25) is 10.1 Å². The molecule has 0 unspecified atom stereocenters. The summed E-state index contributed by atoms with van der Waals surface area (Å²) in [5.74, 6) is 1.41. The number of ether oxygens (including phenoxy) is 3. The average molecular weight is 346 g/mol. The molecule has 1 amide bonds. The number of amides is 1. The van der Waals surface area contributed by atoms with Gasteiger partial charge in [-0.25, -0.2) is 0 Å². The smallest absolute Gasteiger partial charge is 0.257 e. The highest BCUT2D eigenvalue weighted by molar-refractivity contribution is 7.80. The van der Waals surface area contributed by atoms with Crippen LogP contribution in [0, 0.1) is 0 Å². The second kappa shape index (κ2) is 8.16. The second-order valence-electron chi connectivity index (χ2n) is 4.71. The molecule has 0 atom stereocenters. The molecule has 0 spiro atoms. The maximum Gasteiger partial charge on any atom is 0.257 e. The first-order valence-electron chi connectivity index (χ1n) is 7.05. The fourth-order valence-corrected chi connectivity index (χ4v) is 2.20. The van der Waals surface area contributed by atoms with Crippen molar-refractivity contribution in [3.63, 3.8) is 0 Å². The molecule has 0 aliphatic heterocycles. The summed E-state index contributed by atoms with van der Waals surface area (Å²) in [4.78, 5) is 12.3. The van der Waals surface area contributed by atoms with E-state index >= 15 is 0 Å². The monoisotopic (exact) mass is 346 g/mol. The Balaban J connectivity index is 2.01. The maximum absolute atomic E-state index is 12.3. The fourth-order valence-electron chi connectivity index (χ4n) is 1.99. The van der Waals surface area contributed by atoms with Crippen LogP contribution in [0.15, 0.2) is 42.5 Å². The van der Waals surface area contributed by atoms with Crippen LogP contribution in [0.25, 0.3) is 0 Å². The lowest BCUT2D eigenvalue weighted by Crippen LogP contribution is -2.34. The van der Waals surface area contributed by atoms with E-state index in [1.54, 1.807) is 49.6 Å². The van der Waals surface area contributed by atoms with E-state index in [-0.39, 0.29) is 11.0 Å². The van der Waals surface area contributed by atoms with E-state index in [9.17, 15) is 4.79 Å². The maximum atomic E-state index is 12.3. The van der Waals surface area contributed by atoms with Crippen molar-refractivity contribution in [2.45, 2.75) is 0 Å². The van der Waals surface area contributed by atoms with Crippen molar-refractivity contribution in [3.05, 3.63) is 48.0 Å². The van der Waals surface area contributed by atoms with Gasteiger partial charge >= 0.3 is 0 Å². The Morgan fingerprint density at radius 2 is 1.58 bits per heavy atom. The highest BCUT2D eigenvalue weighted by atomic mass is 32.1. The van der Waals surface area contributed by atoms with Crippen LogP contribution >= 0.6 is 12.2 Å². The fraction of sp³-hybridized carbons (Fsp3) is 0.176. The first-order chi connectivity index (χ1) is 11.6. The molecule has 126 valence electrons. The van der Waals surface area contributed by atoms with Crippen LogP contribution in [0.1, 0.15) is 10.4 Å². The van der Waals surface area contributed by atoms with Crippen molar-refractivity contribution in [3.8, 4) is 17.2 Å². The predicted octanol–water partition coefficient (Wildman–Crippen LogP) is 2.84. The molecule has 0 bridgehead atoms. The van der Waals surface area contributed by atoms with E-state index in [0.29, 0.717) is 17.1 Å². The number of carbonyl (C=O) groups is 1. The lowest BCUT2D eigenvalue weighted by molar-refractivity contribution is 0.0977. The highest BCUT2D eigenvalue weighted by Gasteiger charge is 2.12. The number of methoxy groups -OCH3 is 3. The zero-order chi connectivity index (χ0) is 17.5. The van der Waals surface area contributed by atoms with Crippen LogP contribution in [0.3, 0.4) is 0 Å². The Kier molecular flexibility index (Phi) is 5.97.